The molecule has 3 N–H and O–H groups in total. The Balaban J connectivity index is 2.10. The number of H-pyrrole nitrogens is 1. The lowest BCUT2D eigenvalue weighted by molar-refractivity contribution is -0.389. The number of aromatic nitrogens is 1. The van der Waals surface area contributed by atoms with Gasteiger partial charge in [-0.3, -0.25) is 4.79 Å². The van der Waals surface area contributed by atoms with Crippen molar-refractivity contribution in [3.63, 3.8) is 0 Å². The number of anilines is 1. The lowest BCUT2D eigenvalue weighted by Crippen LogP contribution is -2.13. The molecule has 0 fully saturated rings. The highest BCUT2D eigenvalue weighted by atomic mass is 16.6. The summed E-state index contributed by atoms with van der Waals surface area (Å²) in [6, 6.07) is 10.0. The van der Waals surface area contributed by atoms with Crippen molar-refractivity contribution in [2.24, 2.45) is 0 Å². The standard InChI is InChI=1S/C13H14N4O3/c1-14-8-9-3-2-4-10(7-9)15-13(18)11-5-6-12(16-11)17(19)20/h2-7,14,16H,8H2,1H3,(H,15,18). The van der Waals surface area contributed by atoms with Crippen LogP contribution in [-0.4, -0.2) is 22.9 Å². The topological polar surface area (TPSA) is 100 Å². The molecule has 7 nitrogen and oxygen atoms in total. The second-order valence-corrected chi connectivity index (χ2v) is 4.20. The van der Waals surface area contributed by atoms with Crippen molar-refractivity contribution < 1.29 is 9.72 Å². The Morgan fingerprint density at radius 2 is 2.15 bits per heavy atom. The fourth-order valence-electron chi connectivity index (χ4n) is 1.78. The normalized spacial score (nSPS) is 10.2. The zero-order chi connectivity index (χ0) is 14.5. The number of benzene rings is 1. The lowest BCUT2D eigenvalue weighted by atomic mass is 10.2. The van der Waals surface area contributed by atoms with Gasteiger partial charge in [0.15, 0.2) is 5.69 Å². The van der Waals surface area contributed by atoms with Gasteiger partial charge in [0, 0.05) is 18.3 Å². The maximum absolute atomic E-state index is 11.9. The highest BCUT2D eigenvalue weighted by Gasteiger charge is 2.15. The molecule has 2 aromatic rings. The molecule has 2 rings (SSSR count). The Morgan fingerprint density at radius 1 is 1.35 bits per heavy atom. The minimum atomic E-state index is -0.579. The van der Waals surface area contributed by atoms with Crippen molar-refractivity contribution in [3.8, 4) is 0 Å². The summed E-state index contributed by atoms with van der Waals surface area (Å²) in [5, 5.41) is 16.3. The Morgan fingerprint density at radius 3 is 2.80 bits per heavy atom. The molecule has 1 heterocycles. The molecule has 0 spiro atoms. The van der Waals surface area contributed by atoms with Crippen molar-refractivity contribution in [2.75, 3.05) is 12.4 Å². The molecule has 0 unspecified atom stereocenters. The van der Waals surface area contributed by atoms with Gasteiger partial charge in [0.1, 0.15) is 0 Å². The van der Waals surface area contributed by atoms with Gasteiger partial charge < -0.3 is 20.7 Å². The van der Waals surface area contributed by atoms with Crippen LogP contribution < -0.4 is 10.6 Å². The van der Waals surface area contributed by atoms with Gasteiger partial charge in [0.2, 0.25) is 0 Å². The average molecular weight is 274 g/mol. The van der Waals surface area contributed by atoms with Crippen LogP contribution in [0.25, 0.3) is 0 Å². The zero-order valence-electron chi connectivity index (χ0n) is 10.8. The molecule has 20 heavy (non-hydrogen) atoms. The van der Waals surface area contributed by atoms with Crippen molar-refractivity contribution >= 4 is 17.4 Å². The maximum Gasteiger partial charge on any atom is 0.321 e. The lowest BCUT2D eigenvalue weighted by Gasteiger charge is -2.05. The van der Waals surface area contributed by atoms with E-state index >= 15 is 0 Å². The maximum atomic E-state index is 11.9. The second kappa shape index (κ2) is 5.98. The molecule has 0 radical (unpaired) electrons. The SMILES string of the molecule is CNCc1cccc(NC(=O)c2ccc([N+](=O)[O-])[nH]2)c1. The number of nitrogens with zero attached hydrogens (tertiary/aromatic N) is 1. The van der Waals surface area contributed by atoms with Gasteiger partial charge >= 0.3 is 5.82 Å². The Labute approximate surface area is 115 Å². The molecule has 1 aromatic carbocycles. The van der Waals surface area contributed by atoms with Crippen LogP contribution in [0.15, 0.2) is 36.4 Å². The first-order chi connectivity index (χ1) is 9.60. The summed E-state index contributed by atoms with van der Waals surface area (Å²) in [5.74, 6) is -0.626. The predicted molar refractivity (Wildman–Crippen MR) is 74.6 cm³/mol. The molecule has 104 valence electrons. The van der Waals surface area contributed by atoms with Crippen LogP contribution in [0.3, 0.4) is 0 Å². The van der Waals surface area contributed by atoms with E-state index < -0.39 is 10.8 Å². The molecule has 0 atom stereocenters. The van der Waals surface area contributed by atoms with E-state index in [9.17, 15) is 14.9 Å². The molecule has 0 saturated heterocycles. The molecule has 0 aliphatic heterocycles. The monoisotopic (exact) mass is 274 g/mol. The van der Waals surface area contributed by atoms with Gasteiger partial charge in [-0.1, -0.05) is 12.1 Å². The minimum Gasteiger partial charge on any atom is -0.358 e. The smallest absolute Gasteiger partial charge is 0.321 e. The Bertz CT molecular complexity index is 636. The van der Waals surface area contributed by atoms with E-state index in [0.29, 0.717) is 12.2 Å². The third-order valence-corrected chi connectivity index (χ3v) is 2.68. The second-order valence-electron chi connectivity index (χ2n) is 4.20. The predicted octanol–water partition coefficient (Wildman–Crippen LogP) is 1.89. The van der Waals surface area contributed by atoms with Gasteiger partial charge in [0.25, 0.3) is 5.91 Å². The van der Waals surface area contributed by atoms with Crippen LogP contribution >= 0.6 is 0 Å². The molecule has 0 saturated carbocycles. The molecular formula is C13H14N4O3. The van der Waals surface area contributed by atoms with E-state index in [2.05, 4.69) is 15.6 Å². The number of carbonyl (C=O) groups is 1. The number of hydrogen-bond acceptors (Lipinski definition) is 4. The number of hydrogen-bond donors (Lipinski definition) is 3. The fourth-order valence-corrected chi connectivity index (χ4v) is 1.78. The van der Waals surface area contributed by atoms with Gasteiger partial charge in [-0.05, 0) is 35.7 Å². The quantitative estimate of drug-likeness (QED) is 0.572. The van der Waals surface area contributed by atoms with Crippen LogP contribution in [0.5, 0.6) is 0 Å². The van der Waals surface area contributed by atoms with Gasteiger partial charge in [-0.15, -0.1) is 0 Å². The Hall–Kier alpha value is -2.67. The molecule has 1 aromatic heterocycles. The van der Waals surface area contributed by atoms with Crippen LogP contribution in [0, 0.1) is 10.1 Å². The van der Waals surface area contributed by atoms with Crippen LogP contribution in [0.2, 0.25) is 0 Å². The largest absolute Gasteiger partial charge is 0.358 e. The number of rotatable bonds is 5. The molecule has 0 aliphatic carbocycles. The first-order valence-corrected chi connectivity index (χ1v) is 5.98. The van der Waals surface area contributed by atoms with Crippen molar-refractivity contribution in [1.29, 1.82) is 0 Å². The highest BCUT2D eigenvalue weighted by Crippen LogP contribution is 2.14. The summed E-state index contributed by atoms with van der Waals surface area (Å²) in [7, 11) is 1.84. The van der Waals surface area contributed by atoms with Gasteiger partial charge in [-0.25, -0.2) is 4.98 Å². The van der Waals surface area contributed by atoms with Crippen LogP contribution in [-0.2, 0) is 6.54 Å². The highest BCUT2D eigenvalue weighted by molar-refractivity contribution is 6.03. The zero-order valence-corrected chi connectivity index (χ0v) is 10.8. The number of nitro groups is 1. The number of amides is 1. The minimum absolute atomic E-state index is 0.149. The Kier molecular flexibility index (Phi) is 4.11. The number of aromatic amines is 1. The van der Waals surface area contributed by atoms with Crippen LogP contribution in [0.1, 0.15) is 16.1 Å². The van der Waals surface area contributed by atoms with Crippen molar-refractivity contribution in [3.05, 3.63) is 57.8 Å². The van der Waals surface area contributed by atoms with E-state index in [1.54, 1.807) is 6.07 Å². The fraction of sp³-hybridized carbons (Fsp3) is 0.154. The van der Waals surface area contributed by atoms with E-state index in [1.165, 1.54) is 12.1 Å². The van der Waals surface area contributed by atoms with E-state index in [4.69, 9.17) is 0 Å². The summed E-state index contributed by atoms with van der Waals surface area (Å²) in [4.78, 5) is 24.4. The molecule has 1 amide bonds. The first-order valence-electron chi connectivity index (χ1n) is 5.98. The summed E-state index contributed by atoms with van der Waals surface area (Å²) in [6.07, 6.45) is 0. The third-order valence-electron chi connectivity index (χ3n) is 2.68. The van der Waals surface area contributed by atoms with Gasteiger partial charge in [0.05, 0.1) is 0 Å². The van der Waals surface area contributed by atoms with E-state index in [1.807, 2.05) is 25.2 Å². The van der Waals surface area contributed by atoms with Gasteiger partial charge in [-0.2, -0.15) is 0 Å². The average Bonchev–Trinajstić information content (AvgIpc) is 2.89. The molecule has 7 heteroatoms. The molecule has 0 bridgehead atoms. The number of carbonyl (C=O) groups excluding carboxylic acids is 1. The summed E-state index contributed by atoms with van der Waals surface area (Å²) < 4.78 is 0. The molecular weight excluding hydrogens is 260 g/mol. The van der Waals surface area contributed by atoms with Crippen molar-refractivity contribution in [2.45, 2.75) is 6.54 Å². The number of nitrogens with one attached hydrogen (secondary N) is 3. The van der Waals surface area contributed by atoms with E-state index in [0.717, 1.165) is 5.56 Å². The summed E-state index contributed by atoms with van der Waals surface area (Å²) in [5.41, 5.74) is 1.82. The third kappa shape index (κ3) is 3.21. The van der Waals surface area contributed by atoms with Crippen LogP contribution in [0.4, 0.5) is 11.5 Å². The molecule has 0 aliphatic rings. The van der Waals surface area contributed by atoms with E-state index in [-0.39, 0.29) is 11.5 Å². The first kappa shape index (κ1) is 13.8. The van der Waals surface area contributed by atoms with Crippen molar-refractivity contribution in [1.82, 2.24) is 10.3 Å². The summed E-state index contributed by atoms with van der Waals surface area (Å²) >= 11 is 0. The summed E-state index contributed by atoms with van der Waals surface area (Å²) in [6.45, 7) is 0.692.